The van der Waals surface area contributed by atoms with E-state index in [0.29, 0.717) is 12.5 Å². The minimum absolute atomic E-state index is 0.410. The molecule has 1 atom stereocenters. The van der Waals surface area contributed by atoms with Gasteiger partial charge >= 0.3 is 0 Å². The third kappa shape index (κ3) is 3.92. The Hall–Kier alpha value is -1.76. The van der Waals surface area contributed by atoms with Crippen LogP contribution in [0.15, 0.2) is 30.3 Å². The zero-order valence-electron chi connectivity index (χ0n) is 14.9. The van der Waals surface area contributed by atoms with E-state index in [1.807, 2.05) is 30.3 Å². The molecule has 1 unspecified atom stereocenters. The van der Waals surface area contributed by atoms with Crippen molar-refractivity contribution in [2.45, 2.75) is 31.4 Å². The number of aliphatic hydroxyl groups is 1. The van der Waals surface area contributed by atoms with Crippen LogP contribution in [0.2, 0.25) is 0 Å². The number of hydrogen-bond donors (Lipinski definition) is 1. The standard InChI is InChI=1S/C19H27N5O/c1-22-18(20-21-19(22)16-7-8-16)14-24-11-9-23(10-12-24)13-17(25)15-5-3-2-4-6-15/h2-6,16-17,25H,7-14H2,1H3. The van der Waals surface area contributed by atoms with Crippen LogP contribution in [0.1, 0.15) is 42.1 Å². The minimum Gasteiger partial charge on any atom is -0.387 e. The summed E-state index contributed by atoms with van der Waals surface area (Å²) in [5, 5.41) is 19.2. The number of rotatable bonds is 6. The first kappa shape index (κ1) is 16.7. The van der Waals surface area contributed by atoms with Gasteiger partial charge in [-0.2, -0.15) is 0 Å². The molecule has 0 bridgehead atoms. The molecule has 0 spiro atoms. The van der Waals surface area contributed by atoms with E-state index in [2.05, 4.69) is 31.6 Å². The largest absolute Gasteiger partial charge is 0.387 e. The van der Waals surface area contributed by atoms with Crippen LogP contribution in [-0.2, 0) is 13.6 Å². The van der Waals surface area contributed by atoms with E-state index in [4.69, 9.17) is 0 Å². The lowest BCUT2D eigenvalue weighted by Gasteiger charge is -2.35. The fraction of sp³-hybridized carbons (Fsp3) is 0.579. The Morgan fingerprint density at radius 1 is 1.04 bits per heavy atom. The molecular formula is C19H27N5O. The minimum atomic E-state index is -0.410. The van der Waals surface area contributed by atoms with Gasteiger partial charge in [0.25, 0.3) is 0 Å². The third-order valence-electron chi connectivity index (χ3n) is 5.39. The molecular weight excluding hydrogens is 314 g/mol. The molecule has 25 heavy (non-hydrogen) atoms. The van der Waals surface area contributed by atoms with Gasteiger partial charge in [-0.3, -0.25) is 9.80 Å². The molecule has 0 radical (unpaired) electrons. The van der Waals surface area contributed by atoms with Gasteiger partial charge < -0.3 is 9.67 Å². The first-order valence-electron chi connectivity index (χ1n) is 9.26. The Bertz CT molecular complexity index is 689. The van der Waals surface area contributed by atoms with Gasteiger partial charge in [0.2, 0.25) is 0 Å². The van der Waals surface area contributed by atoms with E-state index in [1.165, 1.54) is 12.8 Å². The predicted octanol–water partition coefficient (Wildman–Crippen LogP) is 1.54. The van der Waals surface area contributed by atoms with Crippen LogP contribution in [0.4, 0.5) is 0 Å². The second-order valence-corrected chi connectivity index (χ2v) is 7.31. The lowest BCUT2D eigenvalue weighted by atomic mass is 10.1. The third-order valence-corrected chi connectivity index (χ3v) is 5.39. The van der Waals surface area contributed by atoms with E-state index in [-0.39, 0.29) is 0 Å². The van der Waals surface area contributed by atoms with E-state index in [1.54, 1.807) is 0 Å². The predicted molar refractivity (Wildman–Crippen MR) is 96.1 cm³/mol. The summed E-state index contributed by atoms with van der Waals surface area (Å²) in [5.74, 6) is 2.86. The Morgan fingerprint density at radius 2 is 1.72 bits per heavy atom. The highest BCUT2D eigenvalue weighted by molar-refractivity contribution is 5.17. The lowest BCUT2D eigenvalue weighted by molar-refractivity contribution is 0.0689. The van der Waals surface area contributed by atoms with E-state index in [0.717, 1.165) is 49.9 Å². The van der Waals surface area contributed by atoms with Crippen molar-refractivity contribution in [1.29, 1.82) is 0 Å². The Labute approximate surface area is 149 Å². The highest BCUT2D eigenvalue weighted by atomic mass is 16.3. The van der Waals surface area contributed by atoms with Gasteiger partial charge in [-0.05, 0) is 18.4 Å². The maximum Gasteiger partial charge on any atom is 0.146 e. The molecule has 2 aromatic rings. The molecule has 6 heteroatoms. The molecule has 1 N–H and O–H groups in total. The second-order valence-electron chi connectivity index (χ2n) is 7.31. The van der Waals surface area contributed by atoms with E-state index >= 15 is 0 Å². The van der Waals surface area contributed by atoms with Crippen molar-refractivity contribution < 1.29 is 5.11 Å². The number of piperazine rings is 1. The lowest BCUT2D eigenvalue weighted by Crippen LogP contribution is -2.47. The number of benzene rings is 1. The van der Waals surface area contributed by atoms with Crippen molar-refractivity contribution in [2.75, 3.05) is 32.7 Å². The molecule has 0 amide bonds. The number of aliphatic hydroxyl groups excluding tert-OH is 1. The van der Waals surface area contributed by atoms with Crippen LogP contribution >= 0.6 is 0 Å². The maximum atomic E-state index is 10.4. The van der Waals surface area contributed by atoms with Crippen molar-refractivity contribution in [3.63, 3.8) is 0 Å². The maximum absolute atomic E-state index is 10.4. The molecule has 2 heterocycles. The zero-order valence-corrected chi connectivity index (χ0v) is 14.9. The number of nitrogens with zero attached hydrogens (tertiary/aromatic N) is 5. The van der Waals surface area contributed by atoms with Gasteiger partial charge in [0, 0.05) is 45.7 Å². The average molecular weight is 341 g/mol. The molecule has 1 saturated heterocycles. The Morgan fingerprint density at radius 3 is 2.40 bits per heavy atom. The van der Waals surface area contributed by atoms with Crippen LogP contribution in [-0.4, -0.2) is 62.4 Å². The van der Waals surface area contributed by atoms with Gasteiger partial charge in [0.1, 0.15) is 11.6 Å². The highest BCUT2D eigenvalue weighted by Crippen LogP contribution is 2.38. The summed E-state index contributed by atoms with van der Waals surface area (Å²) in [4.78, 5) is 4.78. The van der Waals surface area contributed by atoms with Gasteiger partial charge in [0.15, 0.2) is 0 Å². The SMILES string of the molecule is Cn1c(CN2CCN(CC(O)c3ccccc3)CC2)nnc1C1CC1. The number of aromatic nitrogens is 3. The molecule has 134 valence electrons. The average Bonchev–Trinajstić information content (AvgIpc) is 3.42. The normalized spacial score (nSPS) is 20.7. The first-order chi connectivity index (χ1) is 12.2. The Kier molecular flexibility index (Phi) is 4.83. The number of hydrogen-bond acceptors (Lipinski definition) is 5. The first-order valence-corrected chi connectivity index (χ1v) is 9.26. The van der Waals surface area contributed by atoms with Crippen molar-refractivity contribution in [3.05, 3.63) is 47.5 Å². The van der Waals surface area contributed by atoms with Gasteiger partial charge in [-0.1, -0.05) is 30.3 Å². The van der Waals surface area contributed by atoms with E-state index < -0.39 is 6.10 Å². The Balaban J connectivity index is 1.27. The van der Waals surface area contributed by atoms with Crippen LogP contribution in [0, 0.1) is 0 Å². The van der Waals surface area contributed by atoms with Crippen molar-refractivity contribution in [2.24, 2.45) is 7.05 Å². The van der Waals surface area contributed by atoms with Crippen LogP contribution in [0.25, 0.3) is 0 Å². The van der Waals surface area contributed by atoms with Crippen LogP contribution in [0.3, 0.4) is 0 Å². The van der Waals surface area contributed by atoms with Crippen molar-refractivity contribution in [1.82, 2.24) is 24.6 Å². The molecule has 6 nitrogen and oxygen atoms in total. The van der Waals surface area contributed by atoms with Gasteiger partial charge in [0.05, 0.1) is 12.6 Å². The van der Waals surface area contributed by atoms with Crippen LogP contribution in [0.5, 0.6) is 0 Å². The molecule has 2 fully saturated rings. The molecule has 1 aromatic carbocycles. The monoisotopic (exact) mass is 341 g/mol. The van der Waals surface area contributed by atoms with Crippen molar-refractivity contribution >= 4 is 0 Å². The second kappa shape index (κ2) is 7.23. The zero-order chi connectivity index (χ0) is 17.2. The number of β-amino-alcohol motifs (C(OH)–C–C–N with tert-alkyl or cyclic N) is 1. The molecule has 1 saturated carbocycles. The smallest absolute Gasteiger partial charge is 0.146 e. The summed E-state index contributed by atoms with van der Waals surface area (Å²) in [5.41, 5.74) is 0.997. The summed E-state index contributed by atoms with van der Waals surface area (Å²) >= 11 is 0. The quantitative estimate of drug-likeness (QED) is 0.864. The van der Waals surface area contributed by atoms with Gasteiger partial charge in [-0.25, -0.2) is 0 Å². The fourth-order valence-corrected chi connectivity index (χ4v) is 3.57. The van der Waals surface area contributed by atoms with Crippen molar-refractivity contribution in [3.8, 4) is 0 Å². The summed E-state index contributed by atoms with van der Waals surface area (Å²) in [6.45, 7) is 5.55. The fourth-order valence-electron chi connectivity index (χ4n) is 3.57. The summed E-state index contributed by atoms with van der Waals surface area (Å²) in [6, 6.07) is 9.93. The highest BCUT2D eigenvalue weighted by Gasteiger charge is 2.29. The van der Waals surface area contributed by atoms with Gasteiger partial charge in [-0.15, -0.1) is 10.2 Å². The molecule has 1 aromatic heterocycles. The molecule has 4 rings (SSSR count). The molecule has 1 aliphatic heterocycles. The molecule has 2 aliphatic rings. The molecule has 1 aliphatic carbocycles. The summed E-state index contributed by atoms with van der Waals surface area (Å²) in [7, 11) is 2.09. The van der Waals surface area contributed by atoms with Crippen LogP contribution < -0.4 is 0 Å². The summed E-state index contributed by atoms with van der Waals surface area (Å²) < 4.78 is 2.18. The topological polar surface area (TPSA) is 57.4 Å². The van der Waals surface area contributed by atoms with E-state index in [9.17, 15) is 5.11 Å². The summed E-state index contributed by atoms with van der Waals surface area (Å²) in [6.07, 6.45) is 2.11.